The van der Waals surface area contributed by atoms with Gasteiger partial charge in [0, 0.05) is 37.2 Å². The minimum absolute atomic E-state index is 0.410. The molecule has 0 atom stereocenters. The van der Waals surface area contributed by atoms with Crippen LogP contribution in [0.5, 0.6) is 0 Å². The summed E-state index contributed by atoms with van der Waals surface area (Å²) in [5.74, 6) is 0.707. The van der Waals surface area contributed by atoms with Crippen LogP contribution in [0.4, 0.5) is 11.5 Å². The van der Waals surface area contributed by atoms with Crippen LogP contribution in [0, 0.1) is 18.3 Å². The first-order valence-electron chi connectivity index (χ1n) is 7.55. The quantitative estimate of drug-likeness (QED) is 0.942. The highest BCUT2D eigenvalue weighted by Crippen LogP contribution is 2.22. The normalized spacial score (nSPS) is 15.4. The summed E-state index contributed by atoms with van der Waals surface area (Å²) < 4.78 is 0. The van der Waals surface area contributed by atoms with Crippen LogP contribution in [-0.2, 0) is 0 Å². The van der Waals surface area contributed by atoms with Crippen LogP contribution in [-0.4, -0.2) is 29.1 Å². The Morgan fingerprint density at radius 2 is 2.00 bits per heavy atom. The zero-order valence-corrected chi connectivity index (χ0v) is 12.7. The molecule has 3 rings (SSSR count). The van der Waals surface area contributed by atoms with Crippen molar-refractivity contribution in [1.29, 1.82) is 5.26 Å². The molecular weight excluding hydrogens is 274 g/mol. The van der Waals surface area contributed by atoms with Crippen LogP contribution >= 0.6 is 0 Å². The van der Waals surface area contributed by atoms with Gasteiger partial charge in [-0.25, -0.2) is 9.97 Å². The Morgan fingerprint density at radius 3 is 2.73 bits per heavy atom. The zero-order valence-electron chi connectivity index (χ0n) is 12.7. The average Bonchev–Trinajstić information content (AvgIpc) is 2.56. The lowest BCUT2D eigenvalue weighted by Crippen LogP contribution is -2.40. The monoisotopic (exact) mass is 293 g/mol. The molecule has 1 aliphatic heterocycles. The summed E-state index contributed by atoms with van der Waals surface area (Å²) in [5.41, 5.74) is 2.85. The number of hydrogen-bond donors (Lipinski definition) is 1. The summed E-state index contributed by atoms with van der Waals surface area (Å²) in [6.45, 7) is 3.87. The SMILES string of the molecule is Cc1cccc(NC2CCN(c3nccnc3C#N)CC2)c1. The van der Waals surface area contributed by atoms with Crippen molar-refractivity contribution in [3.8, 4) is 6.07 Å². The molecule has 0 bridgehead atoms. The Morgan fingerprint density at radius 1 is 1.23 bits per heavy atom. The molecule has 1 N–H and O–H groups in total. The van der Waals surface area contributed by atoms with Gasteiger partial charge in [0.1, 0.15) is 6.07 Å². The van der Waals surface area contributed by atoms with Crippen LogP contribution in [0.2, 0.25) is 0 Å². The lowest BCUT2D eigenvalue weighted by atomic mass is 10.0. The van der Waals surface area contributed by atoms with Gasteiger partial charge < -0.3 is 10.2 Å². The highest BCUT2D eigenvalue weighted by atomic mass is 15.2. The van der Waals surface area contributed by atoms with Gasteiger partial charge in [-0.15, -0.1) is 0 Å². The Balaban J connectivity index is 1.62. The van der Waals surface area contributed by atoms with Crippen LogP contribution < -0.4 is 10.2 Å². The molecule has 5 nitrogen and oxygen atoms in total. The van der Waals surface area contributed by atoms with Crippen LogP contribution in [0.15, 0.2) is 36.7 Å². The van der Waals surface area contributed by atoms with Crippen molar-refractivity contribution < 1.29 is 0 Å². The number of aryl methyl sites for hydroxylation is 1. The molecule has 0 saturated carbocycles. The molecule has 22 heavy (non-hydrogen) atoms. The molecule has 1 aromatic heterocycles. The molecule has 0 radical (unpaired) electrons. The van der Waals surface area contributed by atoms with E-state index in [9.17, 15) is 0 Å². The van der Waals surface area contributed by atoms with E-state index in [-0.39, 0.29) is 0 Å². The van der Waals surface area contributed by atoms with E-state index < -0.39 is 0 Å². The second-order valence-corrected chi connectivity index (χ2v) is 5.62. The molecule has 0 spiro atoms. The predicted molar refractivity (Wildman–Crippen MR) is 86.8 cm³/mol. The second-order valence-electron chi connectivity index (χ2n) is 5.62. The fraction of sp³-hybridized carbons (Fsp3) is 0.353. The molecule has 1 aliphatic rings. The fourth-order valence-electron chi connectivity index (χ4n) is 2.85. The van der Waals surface area contributed by atoms with E-state index in [1.807, 2.05) is 0 Å². The number of nitrogens with one attached hydrogen (secondary N) is 1. The Bertz CT molecular complexity index is 683. The number of rotatable bonds is 3. The summed E-state index contributed by atoms with van der Waals surface area (Å²) >= 11 is 0. The molecule has 1 aromatic carbocycles. The largest absolute Gasteiger partial charge is 0.382 e. The van der Waals surface area contributed by atoms with Gasteiger partial charge >= 0.3 is 0 Å². The molecule has 2 heterocycles. The number of piperidine rings is 1. The first kappa shape index (κ1) is 14.3. The molecule has 5 heteroatoms. The van der Waals surface area contributed by atoms with Gasteiger partial charge in [-0.3, -0.25) is 0 Å². The topological polar surface area (TPSA) is 64.8 Å². The maximum absolute atomic E-state index is 9.13. The van der Waals surface area contributed by atoms with E-state index in [1.54, 1.807) is 12.4 Å². The molecule has 1 fully saturated rings. The molecule has 0 amide bonds. The maximum Gasteiger partial charge on any atom is 0.183 e. The molecule has 0 aliphatic carbocycles. The summed E-state index contributed by atoms with van der Waals surface area (Å²) in [4.78, 5) is 10.6. The van der Waals surface area contributed by atoms with Crippen LogP contribution in [0.25, 0.3) is 0 Å². The minimum Gasteiger partial charge on any atom is -0.382 e. The van der Waals surface area contributed by atoms with E-state index in [4.69, 9.17) is 5.26 Å². The highest BCUT2D eigenvalue weighted by molar-refractivity contribution is 5.50. The van der Waals surface area contributed by atoms with Gasteiger partial charge in [-0.1, -0.05) is 12.1 Å². The van der Waals surface area contributed by atoms with E-state index in [0.29, 0.717) is 17.6 Å². The van der Waals surface area contributed by atoms with Gasteiger partial charge in [0.25, 0.3) is 0 Å². The molecular formula is C17H19N5. The lowest BCUT2D eigenvalue weighted by molar-refractivity contribution is 0.523. The third kappa shape index (κ3) is 3.17. The Kier molecular flexibility index (Phi) is 4.19. The average molecular weight is 293 g/mol. The number of hydrogen-bond acceptors (Lipinski definition) is 5. The van der Waals surface area contributed by atoms with Gasteiger partial charge in [0.2, 0.25) is 0 Å². The molecule has 0 unspecified atom stereocenters. The number of anilines is 2. The predicted octanol–water partition coefficient (Wildman–Crippen LogP) is 2.74. The number of nitrogens with zero attached hydrogens (tertiary/aromatic N) is 4. The van der Waals surface area contributed by atoms with Gasteiger partial charge in [-0.2, -0.15) is 5.26 Å². The van der Waals surface area contributed by atoms with E-state index in [1.165, 1.54) is 11.3 Å². The summed E-state index contributed by atoms with van der Waals surface area (Å²) in [6.07, 6.45) is 5.26. The van der Waals surface area contributed by atoms with Crippen molar-refractivity contribution in [2.75, 3.05) is 23.3 Å². The first-order valence-corrected chi connectivity index (χ1v) is 7.55. The zero-order chi connectivity index (χ0) is 15.4. The van der Waals surface area contributed by atoms with Crippen molar-refractivity contribution in [2.45, 2.75) is 25.8 Å². The summed E-state index contributed by atoms with van der Waals surface area (Å²) in [7, 11) is 0. The van der Waals surface area contributed by atoms with Crippen LogP contribution in [0.1, 0.15) is 24.1 Å². The van der Waals surface area contributed by atoms with Gasteiger partial charge in [0.05, 0.1) is 0 Å². The standard InChI is InChI=1S/C17H19N5/c1-13-3-2-4-15(11-13)21-14-5-9-22(10-6-14)17-16(12-18)19-7-8-20-17/h2-4,7-8,11,14,21H,5-6,9-10H2,1H3. The lowest BCUT2D eigenvalue weighted by Gasteiger charge is -2.33. The number of aromatic nitrogens is 2. The first-order chi connectivity index (χ1) is 10.8. The summed E-state index contributed by atoms with van der Waals surface area (Å²) in [5, 5.41) is 12.7. The van der Waals surface area contributed by atoms with Crippen molar-refractivity contribution in [3.05, 3.63) is 47.9 Å². The maximum atomic E-state index is 9.13. The van der Waals surface area contributed by atoms with Gasteiger partial charge in [-0.05, 0) is 37.5 Å². The highest BCUT2D eigenvalue weighted by Gasteiger charge is 2.22. The third-order valence-corrected chi connectivity index (χ3v) is 3.97. The molecule has 1 saturated heterocycles. The molecule has 112 valence electrons. The Hall–Kier alpha value is -2.61. The van der Waals surface area contributed by atoms with Crippen molar-refractivity contribution in [3.63, 3.8) is 0 Å². The van der Waals surface area contributed by atoms with Crippen LogP contribution in [0.3, 0.4) is 0 Å². The molecule has 2 aromatic rings. The fourth-order valence-corrected chi connectivity index (χ4v) is 2.85. The van der Waals surface area contributed by atoms with Crippen molar-refractivity contribution in [1.82, 2.24) is 9.97 Å². The van der Waals surface area contributed by atoms with E-state index in [0.717, 1.165) is 25.9 Å². The summed E-state index contributed by atoms with van der Waals surface area (Å²) in [6, 6.07) is 11.0. The van der Waals surface area contributed by atoms with Crippen molar-refractivity contribution >= 4 is 11.5 Å². The minimum atomic E-state index is 0.410. The second kappa shape index (κ2) is 6.44. The number of benzene rings is 1. The van der Waals surface area contributed by atoms with Crippen molar-refractivity contribution in [2.24, 2.45) is 0 Å². The van der Waals surface area contributed by atoms with E-state index in [2.05, 4.69) is 57.4 Å². The Labute approximate surface area is 130 Å². The third-order valence-electron chi connectivity index (χ3n) is 3.97. The smallest absolute Gasteiger partial charge is 0.183 e. The number of nitriles is 1. The van der Waals surface area contributed by atoms with E-state index >= 15 is 0 Å². The van der Waals surface area contributed by atoms with Gasteiger partial charge in [0.15, 0.2) is 11.5 Å².